The van der Waals surface area contributed by atoms with E-state index in [1.54, 1.807) is 24.3 Å². The zero-order chi connectivity index (χ0) is 26.1. The van der Waals surface area contributed by atoms with Crippen molar-refractivity contribution in [3.05, 3.63) is 83.4 Å². The Balaban J connectivity index is 2.02. The summed E-state index contributed by atoms with van der Waals surface area (Å²) in [4.78, 5) is 25.0. The Labute approximate surface area is 207 Å². The van der Waals surface area contributed by atoms with Crippen molar-refractivity contribution in [3.8, 4) is 11.5 Å². The second kappa shape index (κ2) is 12.0. The Kier molecular flexibility index (Phi) is 8.54. The third-order valence-electron chi connectivity index (χ3n) is 5.28. The lowest BCUT2D eigenvalue weighted by Gasteiger charge is -2.24. The van der Waals surface area contributed by atoms with E-state index >= 15 is 0 Å². The first-order valence-corrected chi connectivity index (χ1v) is 10.8. The number of benzene rings is 3. The van der Waals surface area contributed by atoms with Crippen molar-refractivity contribution in [2.45, 2.75) is 12.6 Å². The number of rotatable bonds is 10. The molecule has 0 spiro atoms. The van der Waals surface area contributed by atoms with Crippen LogP contribution < -0.4 is 31.2 Å². The predicted molar refractivity (Wildman–Crippen MR) is 135 cm³/mol. The van der Waals surface area contributed by atoms with Crippen molar-refractivity contribution < 1.29 is 29.4 Å². The molecule has 0 aliphatic carbocycles. The van der Waals surface area contributed by atoms with Gasteiger partial charge in [-0.1, -0.05) is 35.5 Å². The zero-order valence-corrected chi connectivity index (χ0v) is 19.7. The molecule has 0 fully saturated rings. The molecule has 0 aliphatic heterocycles. The van der Waals surface area contributed by atoms with Crippen LogP contribution in [-0.4, -0.2) is 42.4 Å². The third kappa shape index (κ3) is 6.35. The number of nitrogens with one attached hydrogen (secondary N) is 3. The molecule has 1 unspecified atom stereocenters. The monoisotopic (exact) mass is 493 g/mol. The van der Waals surface area contributed by atoms with Gasteiger partial charge in [0.25, 0.3) is 0 Å². The summed E-state index contributed by atoms with van der Waals surface area (Å²) in [6.45, 7) is 0.259. The first-order valence-electron chi connectivity index (χ1n) is 10.8. The van der Waals surface area contributed by atoms with Crippen LogP contribution in [0.15, 0.2) is 71.9 Å². The topological polar surface area (TPSA) is 168 Å². The van der Waals surface area contributed by atoms with Crippen molar-refractivity contribution in [1.82, 2.24) is 5.32 Å². The number of anilines is 2. The van der Waals surface area contributed by atoms with E-state index in [1.807, 2.05) is 30.3 Å². The van der Waals surface area contributed by atoms with Crippen LogP contribution in [0.4, 0.5) is 16.2 Å². The van der Waals surface area contributed by atoms with Crippen LogP contribution in [0.5, 0.6) is 11.5 Å². The number of hydrogen-bond donors (Lipinski definition) is 6. The quantitative estimate of drug-likeness (QED) is 0.108. The second-order valence-electron chi connectivity index (χ2n) is 7.57. The van der Waals surface area contributed by atoms with Gasteiger partial charge >= 0.3 is 6.09 Å². The van der Waals surface area contributed by atoms with Crippen molar-refractivity contribution in [1.29, 1.82) is 0 Å². The smallest absolute Gasteiger partial charge is 0.409 e. The summed E-state index contributed by atoms with van der Waals surface area (Å²) < 4.78 is 10.7. The molecule has 3 aromatic carbocycles. The summed E-state index contributed by atoms with van der Waals surface area (Å²) >= 11 is 0. The van der Waals surface area contributed by atoms with Gasteiger partial charge in [-0.05, 0) is 35.9 Å². The van der Waals surface area contributed by atoms with Crippen molar-refractivity contribution in [2.75, 3.05) is 24.9 Å². The van der Waals surface area contributed by atoms with Gasteiger partial charge in [-0.3, -0.25) is 10.1 Å². The Morgan fingerprint density at radius 2 is 1.64 bits per heavy atom. The molecular weight excluding hydrogens is 466 g/mol. The standard InChI is InChI=1S/C25H27N5O6/c1-35-20-12-18(19(29-25(32)33)13-21(20)36-2)22(24(31)27-14-15-6-4-3-5-7-15)28-17-10-8-16(9-11-17)23(26)30-34/h3-13,22,28-29,34H,14H2,1-2H3,(H2,26,30)(H,27,31)(H,32,33). The predicted octanol–water partition coefficient (Wildman–Crippen LogP) is 3.36. The number of oxime groups is 1. The number of carbonyl (C=O) groups is 2. The van der Waals surface area contributed by atoms with Gasteiger partial charge in [0.1, 0.15) is 6.04 Å². The lowest BCUT2D eigenvalue weighted by molar-refractivity contribution is -0.122. The van der Waals surface area contributed by atoms with Gasteiger partial charge in [0.05, 0.1) is 19.9 Å². The van der Waals surface area contributed by atoms with E-state index in [0.717, 1.165) is 5.56 Å². The molecule has 11 heteroatoms. The summed E-state index contributed by atoms with van der Waals surface area (Å²) in [5, 5.41) is 29.6. The highest BCUT2D eigenvalue weighted by Gasteiger charge is 2.26. The second-order valence-corrected chi connectivity index (χ2v) is 7.57. The summed E-state index contributed by atoms with van der Waals surface area (Å²) in [5.74, 6) is 0.122. The van der Waals surface area contributed by atoms with Crippen LogP contribution in [-0.2, 0) is 11.3 Å². The molecule has 11 nitrogen and oxygen atoms in total. The van der Waals surface area contributed by atoms with E-state index in [1.165, 1.54) is 26.4 Å². The van der Waals surface area contributed by atoms with E-state index in [9.17, 15) is 14.7 Å². The van der Waals surface area contributed by atoms with Crippen molar-refractivity contribution in [2.24, 2.45) is 10.9 Å². The highest BCUT2D eigenvalue weighted by molar-refractivity contribution is 5.97. The van der Waals surface area contributed by atoms with E-state index in [-0.39, 0.29) is 23.8 Å². The van der Waals surface area contributed by atoms with Crippen LogP contribution in [0.25, 0.3) is 0 Å². The maximum Gasteiger partial charge on any atom is 0.409 e. The van der Waals surface area contributed by atoms with Crippen molar-refractivity contribution >= 4 is 29.2 Å². The van der Waals surface area contributed by atoms with Gasteiger partial charge in [0, 0.05) is 29.4 Å². The molecule has 0 aromatic heterocycles. The molecule has 0 aliphatic rings. The van der Waals surface area contributed by atoms with E-state index in [0.29, 0.717) is 22.6 Å². The molecular formula is C25H27N5O6. The molecule has 3 rings (SSSR count). The third-order valence-corrected chi connectivity index (χ3v) is 5.28. The normalized spacial score (nSPS) is 11.8. The number of methoxy groups -OCH3 is 2. The zero-order valence-electron chi connectivity index (χ0n) is 19.7. The number of amidine groups is 1. The number of ether oxygens (including phenoxy) is 2. The first-order chi connectivity index (χ1) is 17.4. The Morgan fingerprint density at radius 1 is 1.00 bits per heavy atom. The van der Waals surface area contributed by atoms with Gasteiger partial charge in [0.2, 0.25) is 5.91 Å². The van der Waals surface area contributed by atoms with Gasteiger partial charge in [-0.15, -0.1) is 0 Å². The number of hydrogen-bond acceptors (Lipinski definition) is 7. The fourth-order valence-corrected chi connectivity index (χ4v) is 3.49. The maximum absolute atomic E-state index is 13.4. The summed E-state index contributed by atoms with van der Waals surface area (Å²) in [6.07, 6.45) is -1.31. The summed E-state index contributed by atoms with van der Waals surface area (Å²) in [5.41, 5.74) is 7.98. The van der Waals surface area contributed by atoms with Gasteiger partial charge in [0.15, 0.2) is 17.3 Å². The van der Waals surface area contributed by atoms with E-state index < -0.39 is 18.0 Å². The largest absolute Gasteiger partial charge is 0.493 e. The molecule has 1 atom stereocenters. The minimum absolute atomic E-state index is 0.0634. The molecule has 0 heterocycles. The SMILES string of the molecule is COc1cc(NC(=O)O)c(C(Nc2ccc(C(N)=NO)cc2)C(=O)NCc2ccccc2)cc1OC. The highest BCUT2D eigenvalue weighted by atomic mass is 16.5. The molecule has 7 N–H and O–H groups in total. The fraction of sp³-hybridized carbons (Fsp3) is 0.160. The summed E-state index contributed by atoms with van der Waals surface area (Å²) in [7, 11) is 2.86. The maximum atomic E-state index is 13.4. The minimum Gasteiger partial charge on any atom is -0.493 e. The first kappa shape index (κ1) is 25.7. The van der Waals surface area contributed by atoms with Gasteiger partial charge in [-0.25, -0.2) is 4.79 Å². The Morgan fingerprint density at radius 3 is 2.22 bits per heavy atom. The summed E-state index contributed by atoms with van der Waals surface area (Å²) in [6, 6.07) is 17.8. The molecule has 0 radical (unpaired) electrons. The van der Waals surface area contributed by atoms with Crippen LogP contribution in [0, 0.1) is 0 Å². The Bertz CT molecular complexity index is 1230. The van der Waals surface area contributed by atoms with Crippen LogP contribution in [0.2, 0.25) is 0 Å². The van der Waals surface area contributed by atoms with Gasteiger partial charge < -0.3 is 36.2 Å². The minimum atomic E-state index is -1.31. The Hall–Kier alpha value is -4.93. The molecule has 3 aromatic rings. The van der Waals surface area contributed by atoms with Crippen LogP contribution >= 0.6 is 0 Å². The van der Waals surface area contributed by atoms with E-state index in [4.69, 9.17) is 20.4 Å². The number of amides is 2. The average molecular weight is 494 g/mol. The van der Waals surface area contributed by atoms with Crippen LogP contribution in [0.3, 0.4) is 0 Å². The molecule has 0 bridgehead atoms. The average Bonchev–Trinajstić information content (AvgIpc) is 2.90. The number of nitrogens with two attached hydrogens (primary N) is 1. The van der Waals surface area contributed by atoms with Crippen LogP contribution in [0.1, 0.15) is 22.7 Å². The number of carbonyl (C=O) groups excluding carboxylic acids is 1. The molecule has 36 heavy (non-hydrogen) atoms. The van der Waals surface area contributed by atoms with E-state index in [2.05, 4.69) is 21.1 Å². The molecule has 0 saturated heterocycles. The molecule has 188 valence electrons. The lowest BCUT2D eigenvalue weighted by atomic mass is 10.0. The fourth-order valence-electron chi connectivity index (χ4n) is 3.49. The highest BCUT2D eigenvalue weighted by Crippen LogP contribution is 2.37. The lowest BCUT2D eigenvalue weighted by Crippen LogP contribution is -2.34. The van der Waals surface area contributed by atoms with Gasteiger partial charge in [-0.2, -0.15) is 0 Å². The molecule has 2 amide bonds. The van der Waals surface area contributed by atoms with Crippen molar-refractivity contribution in [3.63, 3.8) is 0 Å². The molecule has 0 saturated carbocycles. The number of carboxylic acid groups (broad SMARTS) is 1. The number of nitrogens with zero attached hydrogens (tertiary/aromatic N) is 1.